The maximum Gasteiger partial charge on any atom is 0.296 e. The SMILES string of the molecule is CCCOc1ccc(C2C3=C(OC4CCCCC4C3=O)C(=O)N2c2nccs2)cc1. The van der Waals surface area contributed by atoms with Crippen molar-refractivity contribution in [1.29, 1.82) is 0 Å². The molecular formula is C23H24N2O4S. The molecule has 1 aliphatic carbocycles. The zero-order valence-electron chi connectivity index (χ0n) is 16.9. The van der Waals surface area contributed by atoms with E-state index in [9.17, 15) is 9.59 Å². The van der Waals surface area contributed by atoms with Gasteiger partial charge in [-0.05, 0) is 43.4 Å². The summed E-state index contributed by atoms with van der Waals surface area (Å²) in [5.74, 6) is 0.627. The number of aromatic nitrogens is 1. The van der Waals surface area contributed by atoms with E-state index < -0.39 is 6.04 Å². The van der Waals surface area contributed by atoms with Crippen LogP contribution in [0.4, 0.5) is 5.13 Å². The van der Waals surface area contributed by atoms with Crippen molar-refractivity contribution >= 4 is 28.2 Å². The zero-order valence-corrected chi connectivity index (χ0v) is 17.7. The summed E-state index contributed by atoms with van der Waals surface area (Å²) in [6.45, 7) is 2.71. The van der Waals surface area contributed by atoms with Gasteiger partial charge in [-0.15, -0.1) is 11.3 Å². The summed E-state index contributed by atoms with van der Waals surface area (Å²) in [6.07, 6.45) is 6.12. The Labute approximate surface area is 179 Å². The molecule has 1 aromatic carbocycles. The van der Waals surface area contributed by atoms with Gasteiger partial charge in [0.15, 0.2) is 16.7 Å². The van der Waals surface area contributed by atoms with Crippen molar-refractivity contribution in [3.63, 3.8) is 0 Å². The number of hydrogen-bond acceptors (Lipinski definition) is 6. The van der Waals surface area contributed by atoms with Crippen LogP contribution >= 0.6 is 11.3 Å². The lowest BCUT2D eigenvalue weighted by Crippen LogP contribution is -2.39. The van der Waals surface area contributed by atoms with Crippen LogP contribution in [0, 0.1) is 5.92 Å². The van der Waals surface area contributed by atoms with E-state index in [1.54, 1.807) is 11.1 Å². The molecule has 2 aromatic rings. The molecular weight excluding hydrogens is 400 g/mol. The van der Waals surface area contributed by atoms with Crippen molar-refractivity contribution < 1.29 is 19.1 Å². The third-order valence-corrected chi connectivity index (χ3v) is 6.83. The van der Waals surface area contributed by atoms with Gasteiger partial charge in [-0.3, -0.25) is 14.5 Å². The van der Waals surface area contributed by atoms with E-state index in [1.807, 2.05) is 29.6 Å². The zero-order chi connectivity index (χ0) is 20.7. The molecule has 7 heteroatoms. The number of carbonyl (C=O) groups excluding carboxylic acids is 2. The molecule has 2 aliphatic heterocycles. The van der Waals surface area contributed by atoms with Crippen molar-refractivity contribution in [2.45, 2.75) is 51.2 Å². The van der Waals surface area contributed by atoms with Gasteiger partial charge in [0.1, 0.15) is 11.9 Å². The van der Waals surface area contributed by atoms with E-state index in [2.05, 4.69) is 11.9 Å². The molecule has 0 saturated heterocycles. The number of carbonyl (C=O) groups is 2. The molecule has 1 saturated carbocycles. The maximum absolute atomic E-state index is 13.5. The number of amides is 1. The topological polar surface area (TPSA) is 68.7 Å². The molecule has 1 amide bonds. The minimum atomic E-state index is -0.519. The Hall–Kier alpha value is -2.67. The Kier molecular flexibility index (Phi) is 5.06. The number of fused-ring (bicyclic) bond motifs is 1. The molecule has 3 aliphatic rings. The Morgan fingerprint density at radius 3 is 2.73 bits per heavy atom. The second-order valence-corrected chi connectivity index (χ2v) is 8.84. The van der Waals surface area contributed by atoms with Crippen LogP contribution in [-0.4, -0.2) is 29.4 Å². The highest BCUT2D eigenvalue weighted by Crippen LogP contribution is 2.48. The van der Waals surface area contributed by atoms with E-state index in [0.29, 0.717) is 17.3 Å². The first kappa shape index (κ1) is 19.3. The third kappa shape index (κ3) is 3.12. The predicted molar refractivity (Wildman–Crippen MR) is 113 cm³/mol. The fourth-order valence-electron chi connectivity index (χ4n) is 4.66. The second kappa shape index (κ2) is 7.87. The fraction of sp³-hybridized carbons (Fsp3) is 0.435. The highest BCUT2D eigenvalue weighted by Gasteiger charge is 2.52. The lowest BCUT2D eigenvalue weighted by Gasteiger charge is -2.35. The molecule has 0 N–H and O–H groups in total. The van der Waals surface area contributed by atoms with Gasteiger partial charge in [-0.1, -0.05) is 25.5 Å². The van der Waals surface area contributed by atoms with Gasteiger partial charge in [0.05, 0.1) is 24.1 Å². The molecule has 3 atom stereocenters. The minimum absolute atomic E-state index is 0.0599. The predicted octanol–water partition coefficient (Wildman–Crippen LogP) is 4.43. The summed E-state index contributed by atoms with van der Waals surface area (Å²) in [5.41, 5.74) is 1.35. The smallest absolute Gasteiger partial charge is 0.296 e. The number of nitrogens with zero attached hydrogens (tertiary/aromatic N) is 2. The van der Waals surface area contributed by atoms with Crippen molar-refractivity contribution in [3.8, 4) is 5.75 Å². The molecule has 30 heavy (non-hydrogen) atoms. The summed E-state index contributed by atoms with van der Waals surface area (Å²) >= 11 is 1.38. The molecule has 5 rings (SSSR count). The Morgan fingerprint density at radius 2 is 2.00 bits per heavy atom. The van der Waals surface area contributed by atoms with Crippen LogP contribution in [0.1, 0.15) is 50.6 Å². The van der Waals surface area contributed by atoms with E-state index in [4.69, 9.17) is 9.47 Å². The normalized spacial score (nSPS) is 25.8. The quantitative estimate of drug-likeness (QED) is 0.710. The highest BCUT2D eigenvalue weighted by molar-refractivity contribution is 7.13. The van der Waals surface area contributed by atoms with Crippen molar-refractivity contribution in [2.24, 2.45) is 5.92 Å². The lowest BCUT2D eigenvalue weighted by molar-refractivity contribution is -0.131. The maximum atomic E-state index is 13.5. The number of ketones is 1. The number of Topliss-reactive ketones (excluding diaryl/α,β-unsaturated/α-hetero) is 1. The van der Waals surface area contributed by atoms with E-state index in [1.165, 1.54) is 11.3 Å². The minimum Gasteiger partial charge on any atom is -0.494 e. The van der Waals surface area contributed by atoms with Crippen molar-refractivity contribution in [3.05, 3.63) is 52.7 Å². The first-order chi connectivity index (χ1) is 14.7. The van der Waals surface area contributed by atoms with Gasteiger partial charge < -0.3 is 9.47 Å². The molecule has 156 valence electrons. The van der Waals surface area contributed by atoms with Crippen LogP contribution in [0.3, 0.4) is 0 Å². The van der Waals surface area contributed by atoms with Gasteiger partial charge >= 0.3 is 0 Å². The van der Waals surface area contributed by atoms with Crippen LogP contribution < -0.4 is 9.64 Å². The lowest BCUT2D eigenvalue weighted by atomic mass is 9.77. The van der Waals surface area contributed by atoms with E-state index in [0.717, 1.165) is 43.4 Å². The molecule has 0 spiro atoms. The van der Waals surface area contributed by atoms with Crippen LogP contribution in [-0.2, 0) is 14.3 Å². The largest absolute Gasteiger partial charge is 0.494 e. The third-order valence-electron chi connectivity index (χ3n) is 6.06. The number of anilines is 1. The summed E-state index contributed by atoms with van der Waals surface area (Å²) in [5, 5.41) is 2.41. The van der Waals surface area contributed by atoms with Gasteiger partial charge in [-0.2, -0.15) is 0 Å². The Morgan fingerprint density at radius 1 is 1.20 bits per heavy atom. The Bertz CT molecular complexity index is 983. The first-order valence-electron chi connectivity index (χ1n) is 10.6. The molecule has 0 bridgehead atoms. The average Bonchev–Trinajstić information content (AvgIpc) is 3.40. The number of thiazole rings is 1. The van der Waals surface area contributed by atoms with Crippen molar-refractivity contribution in [1.82, 2.24) is 4.98 Å². The molecule has 1 aromatic heterocycles. The number of ether oxygens (including phenoxy) is 2. The summed E-state index contributed by atoms with van der Waals surface area (Å²) in [4.78, 5) is 32.9. The van der Waals surface area contributed by atoms with Gasteiger partial charge in [0.25, 0.3) is 5.91 Å². The van der Waals surface area contributed by atoms with Crippen LogP contribution in [0.25, 0.3) is 0 Å². The second-order valence-electron chi connectivity index (χ2n) is 7.96. The summed E-state index contributed by atoms with van der Waals surface area (Å²) in [6, 6.07) is 7.13. The first-order valence-corrected chi connectivity index (χ1v) is 11.5. The Balaban J connectivity index is 1.57. The molecule has 3 heterocycles. The van der Waals surface area contributed by atoms with Gasteiger partial charge in [-0.25, -0.2) is 4.98 Å². The molecule has 3 unspecified atom stereocenters. The molecule has 0 radical (unpaired) electrons. The summed E-state index contributed by atoms with van der Waals surface area (Å²) < 4.78 is 11.9. The number of rotatable bonds is 5. The van der Waals surface area contributed by atoms with Gasteiger partial charge in [0, 0.05) is 11.6 Å². The monoisotopic (exact) mass is 424 g/mol. The fourth-order valence-corrected chi connectivity index (χ4v) is 5.33. The highest BCUT2D eigenvalue weighted by atomic mass is 32.1. The van der Waals surface area contributed by atoms with Crippen molar-refractivity contribution in [2.75, 3.05) is 11.5 Å². The number of hydrogen-bond donors (Lipinski definition) is 0. The molecule has 6 nitrogen and oxygen atoms in total. The standard InChI is InChI=1S/C23H24N2O4S/c1-2-12-28-15-9-7-14(8-10-15)19-18-20(26)16-5-3-4-6-17(16)29-21(18)22(27)25(19)23-24-11-13-30-23/h7-11,13,16-17,19H,2-6,12H2,1H3. The summed E-state index contributed by atoms with van der Waals surface area (Å²) in [7, 11) is 0. The van der Waals surface area contributed by atoms with Crippen LogP contribution in [0.5, 0.6) is 5.75 Å². The average molecular weight is 425 g/mol. The van der Waals surface area contributed by atoms with Crippen LogP contribution in [0.15, 0.2) is 47.2 Å². The van der Waals surface area contributed by atoms with E-state index in [-0.39, 0.29) is 29.5 Å². The van der Waals surface area contributed by atoms with Gasteiger partial charge in [0.2, 0.25) is 0 Å². The van der Waals surface area contributed by atoms with E-state index >= 15 is 0 Å². The van der Waals surface area contributed by atoms with Crippen LogP contribution in [0.2, 0.25) is 0 Å². The molecule has 1 fully saturated rings. The number of benzene rings is 1.